The fraction of sp³-hybridized carbons (Fsp3) is 0.286. The topological polar surface area (TPSA) is 49.4 Å². The van der Waals surface area contributed by atoms with Crippen molar-refractivity contribution < 1.29 is 9.59 Å². The normalized spacial score (nSPS) is 16.2. The first-order valence-electron chi connectivity index (χ1n) is 11.2. The highest BCUT2D eigenvalue weighted by Crippen LogP contribution is 2.42. The van der Waals surface area contributed by atoms with Gasteiger partial charge in [0.05, 0.1) is 5.75 Å². The molecule has 1 atom stereocenters. The molecule has 1 N–H and O–H groups in total. The van der Waals surface area contributed by atoms with Crippen LogP contribution in [0.1, 0.15) is 58.8 Å². The second kappa shape index (κ2) is 9.06. The van der Waals surface area contributed by atoms with E-state index in [2.05, 4.69) is 52.1 Å². The molecule has 5 heteroatoms. The minimum atomic E-state index is -0.145. The molecule has 1 aliphatic heterocycles. The van der Waals surface area contributed by atoms with Gasteiger partial charge in [-0.15, -0.1) is 11.8 Å². The number of benzene rings is 3. The van der Waals surface area contributed by atoms with Gasteiger partial charge in [-0.05, 0) is 77.9 Å². The summed E-state index contributed by atoms with van der Waals surface area (Å²) in [5.41, 5.74) is 6.84. The summed E-state index contributed by atoms with van der Waals surface area (Å²) >= 11 is 1.61. The van der Waals surface area contributed by atoms with Gasteiger partial charge in [0.25, 0.3) is 5.91 Å². The number of carbonyl (C=O) groups is 2. The Hall–Kier alpha value is -3.05. The number of nitrogens with one attached hydrogen (secondary N) is 1. The van der Waals surface area contributed by atoms with Crippen molar-refractivity contribution in [3.8, 4) is 0 Å². The summed E-state index contributed by atoms with van der Waals surface area (Å²) in [5.74, 6) is 0.393. The maximum Gasteiger partial charge on any atom is 0.255 e. The lowest BCUT2D eigenvalue weighted by Crippen LogP contribution is -2.28. The van der Waals surface area contributed by atoms with E-state index in [1.807, 2.05) is 59.5 Å². The Balaban J connectivity index is 1.55. The first-order valence-corrected chi connectivity index (χ1v) is 12.2. The molecule has 33 heavy (non-hydrogen) atoms. The second-order valence-electron chi connectivity index (χ2n) is 9.60. The summed E-state index contributed by atoms with van der Waals surface area (Å²) in [4.78, 5) is 27.4. The van der Waals surface area contributed by atoms with Crippen molar-refractivity contribution in [3.05, 3.63) is 94.5 Å². The molecule has 3 aromatic rings. The van der Waals surface area contributed by atoms with Crippen molar-refractivity contribution >= 4 is 35.0 Å². The van der Waals surface area contributed by atoms with E-state index in [9.17, 15) is 9.59 Å². The van der Waals surface area contributed by atoms with E-state index < -0.39 is 0 Å². The number of rotatable bonds is 4. The van der Waals surface area contributed by atoms with Gasteiger partial charge in [0.15, 0.2) is 0 Å². The van der Waals surface area contributed by atoms with E-state index in [0.717, 1.165) is 22.5 Å². The van der Waals surface area contributed by atoms with E-state index in [0.29, 0.717) is 11.3 Å². The number of anilines is 2. The molecule has 1 fully saturated rings. The van der Waals surface area contributed by atoms with Crippen molar-refractivity contribution in [1.82, 2.24) is 0 Å². The Morgan fingerprint density at radius 2 is 1.70 bits per heavy atom. The maximum absolute atomic E-state index is 12.8. The largest absolute Gasteiger partial charge is 0.322 e. The van der Waals surface area contributed by atoms with Crippen molar-refractivity contribution in [2.24, 2.45) is 0 Å². The zero-order chi connectivity index (χ0) is 23.8. The fourth-order valence-corrected chi connectivity index (χ4v) is 5.09. The first kappa shape index (κ1) is 23.1. The third kappa shape index (κ3) is 4.98. The zero-order valence-electron chi connectivity index (χ0n) is 19.8. The lowest BCUT2D eigenvalue weighted by atomic mass is 9.87. The molecule has 0 aromatic heterocycles. The SMILES string of the molecule is Cc1ccc(N2C(=O)CS[C@@H]2c2cccc(NC(=O)c3ccc(C(C)(C)C)cc3)c2)cc1C. The number of carbonyl (C=O) groups excluding carboxylic acids is 2. The van der Waals surface area contributed by atoms with Gasteiger partial charge in [-0.1, -0.05) is 51.1 Å². The third-order valence-electron chi connectivity index (χ3n) is 6.08. The summed E-state index contributed by atoms with van der Waals surface area (Å²) in [5, 5.41) is 2.89. The van der Waals surface area contributed by atoms with Crippen LogP contribution in [0.25, 0.3) is 0 Å². The lowest BCUT2D eigenvalue weighted by molar-refractivity contribution is -0.115. The molecule has 3 aromatic carbocycles. The van der Waals surface area contributed by atoms with E-state index >= 15 is 0 Å². The number of nitrogens with zero attached hydrogens (tertiary/aromatic N) is 1. The van der Waals surface area contributed by atoms with Crippen LogP contribution >= 0.6 is 11.8 Å². The molecule has 1 aliphatic rings. The van der Waals surface area contributed by atoms with Gasteiger partial charge in [0.1, 0.15) is 5.37 Å². The number of thioether (sulfide) groups is 1. The quantitative estimate of drug-likeness (QED) is 0.477. The highest BCUT2D eigenvalue weighted by atomic mass is 32.2. The molecule has 1 heterocycles. The van der Waals surface area contributed by atoms with Crippen LogP contribution in [0.15, 0.2) is 66.7 Å². The molecule has 4 rings (SSSR count). The van der Waals surface area contributed by atoms with Crippen molar-refractivity contribution in [1.29, 1.82) is 0 Å². The molecule has 0 unspecified atom stereocenters. The van der Waals surface area contributed by atoms with Crippen LogP contribution < -0.4 is 10.2 Å². The van der Waals surface area contributed by atoms with Gasteiger partial charge in [0, 0.05) is 16.9 Å². The van der Waals surface area contributed by atoms with Gasteiger partial charge < -0.3 is 5.32 Å². The lowest BCUT2D eigenvalue weighted by Gasteiger charge is -2.25. The smallest absolute Gasteiger partial charge is 0.255 e. The van der Waals surface area contributed by atoms with Crippen molar-refractivity contribution in [2.75, 3.05) is 16.0 Å². The molecular formula is C28H30N2O2S. The van der Waals surface area contributed by atoms with Crippen molar-refractivity contribution in [3.63, 3.8) is 0 Å². The average molecular weight is 459 g/mol. The minimum absolute atomic E-state index is 0.0432. The maximum atomic E-state index is 12.8. The Morgan fingerprint density at radius 3 is 2.36 bits per heavy atom. The molecule has 170 valence electrons. The standard InChI is InChI=1S/C28H30N2O2S/c1-18-9-14-24(15-19(18)2)30-25(31)17-33-27(30)21-7-6-8-23(16-21)29-26(32)20-10-12-22(13-11-20)28(3,4)5/h6-16,27H,17H2,1-5H3,(H,29,32)/t27-/m1/s1. The number of amides is 2. The Morgan fingerprint density at radius 1 is 0.970 bits per heavy atom. The molecule has 2 amide bonds. The molecule has 0 aliphatic carbocycles. The summed E-state index contributed by atoms with van der Waals surface area (Å²) in [6, 6.07) is 21.7. The molecule has 0 radical (unpaired) electrons. The van der Waals surface area contributed by atoms with Crippen molar-refractivity contribution in [2.45, 2.75) is 45.4 Å². The van der Waals surface area contributed by atoms with Gasteiger partial charge in [-0.3, -0.25) is 14.5 Å². The van der Waals surface area contributed by atoms with E-state index in [1.54, 1.807) is 11.8 Å². The third-order valence-corrected chi connectivity index (χ3v) is 7.29. The molecule has 4 nitrogen and oxygen atoms in total. The average Bonchev–Trinajstić information content (AvgIpc) is 3.17. The highest BCUT2D eigenvalue weighted by molar-refractivity contribution is 8.00. The molecule has 1 saturated heterocycles. The van der Waals surface area contributed by atoms with E-state index in [4.69, 9.17) is 0 Å². The predicted molar refractivity (Wildman–Crippen MR) is 138 cm³/mol. The van der Waals surface area contributed by atoms with Crippen LogP contribution in [0.4, 0.5) is 11.4 Å². The van der Waals surface area contributed by atoms with Gasteiger partial charge in [0.2, 0.25) is 5.91 Å². The fourth-order valence-electron chi connectivity index (χ4n) is 3.92. The van der Waals surface area contributed by atoms with Crippen LogP contribution in [0.3, 0.4) is 0 Å². The number of hydrogen-bond donors (Lipinski definition) is 1. The molecule has 0 spiro atoms. The van der Waals surface area contributed by atoms with Gasteiger partial charge in [-0.2, -0.15) is 0 Å². The van der Waals surface area contributed by atoms with E-state index in [1.165, 1.54) is 11.1 Å². The van der Waals surface area contributed by atoms with Crippen LogP contribution in [0.5, 0.6) is 0 Å². The zero-order valence-corrected chi connectivity index (χ0v) is 20.6. The monoisotopic (exact) mass is 458 g/mol. The molecule has 0 bridgehead atoms. The second-order valence-corrected chi connectivity index (χ2v) is 10.7. The minimum Gasteiger partial charge on any atom is -0.322 e. The highest BCUT2D eigenvalue weighted by Gasteiger charge is 2.34. The van der Waals surface area contributed by atoms with Crippen LogP contribution in [0.2, 0.25) is 0 Å². The Labute approximate surface area is 200 Å². The van der Waals surface area contributed by atoms with Crippen LogP contribution in [-0.4, -0.2) is 17.6 Å². The Bertz CT molecular complexity index is 1200. The molecule has 0 saturated carbocycles. The predicted octanol–water partition coefficient (Wildman–Crippen LogP) is 6.63. The van der Waals surface area contributed by atoms with Crippen LogP contribution in [-0.2, 0) is 10.2 Å². The van der Waals surface area contributed by atoms with E-state index in [-0.39, 0.29) is 22.6 Å². The van der Waals surface area contributed by atoms with Gasteiger partial charge in [-0.25, -0.2) is 0 Å². The summed E-state index contributed by atoms with van der Waals surface area (Å²) in [7, 11) is 0. The molecular weight excluding hydrogens is 428 g/mol. The number of hydrogen-bond acceptors (Lipinski definition) is 3. The summed E-state index contributed by atoms with van der Waals surface area (Å²) < 4.78 is 0. The van der Waals surface area contributed by atoms with Crippen LogP contribution in [0, 0.1) is 13.8 Å². The Kier molecular flexibility index (Phi) is 6.35. The first-order chi connectivity index (χ1) is 15.6. The summed E-state index contributed by atoms with van der Waals surface area (Å²) in [6.45, 7) is 10.6. The summed E-state index contributed by atoms with van der Waals surface area (Å²) in [6.07, 6.45) is 0. The van der Waals surface area contributed by atoms with Gasteiger partial charge >= 0.3 is 0 Å². The number of aryl methyl sites for hydroxylation is 2.